The molecular formula is C27H24Cl2N4OS. The van der Waals surface area contributed by atoms with Crippen LogP contribution in [0.4, 0.5) is 5.69 Å². The standard InChI is InChI=1S/C27H24Cl2N4OS/c1-16-15-20(17(2)32(16)23-9-6-7-21(28)24(23)29)26-25(22-8-4-5-14-30-22)31-27(35)33(26)18-10-12-19(34-3)13-11-18/h4-15,25-26H,1-3H3,(H,31,35). The summed E-state index contributed by atoms with van der Waals surface area (Å²) in [5.74, 6) is 0.790. The molecule has 1 N–H and O–H groups in total. The van der Waals surface area contributed by atoms with Gasteiger partial charge in [0.25, 0.3) is 0 Å². The third-order valence-corrected chi connectivity index (χ3v) is 7.53. The number of anilines is 1. The number of rotatable bonds is 5. The van der Waals surface area contributed by atoms with E-state index in [1.54, 1.807) is 13.2 Å². The van der Waals surface area contributed by atoms with Crippen LogP contribution in [0.15, 0.2) is 72.9 Å². The molecule has 3 heterocycles. The molecule has 0 aliphatic carbocycles. The lowest BCUT2D eigenvalue weighted by atomic mass is 9.96. The normalized spacial score (nSPS) is 17.5. The quantitative estimate of drug-likeness (QED) is 0.286. The first-order valence-corrected chi connectivity index (χ1v) is 12.3. The second kappa shape index (κ2) is 9.53. The van der Waals surface area contributed by atoms with Gasteiger partial charge in [-0.15, -0.1) is 0 Å². The molecule has 5 rings (SSSR count). The van der Waals surface area contributed by atoms with Crippen LogP contribution in [0.5, 0.6) is 5.75 Å². The van der Waals surface area contributed by atoms with Crippen molar-refractivity contribution in [2.24, 2.45) is 0 Å². The molecular weight excluding hydrogens is 499 g/mol. The van der Waals surface area contributed by atoms with Crippen molar-refractivity contribution in [2.75, 3.05) is 12.0 Å². The molecule has 2 atom stereocenters. The maximum Gasteiger partial charge on any atom is 0.174 e. The van der Waals surface area contributed by atoms with Crippen molar-refractivity contribution in [2.45, 2.75) is 25.9 Å². The van der Waals surface area contributed by atoms with Crippen LogP contribution in [0.2, 0.25) is 10.0 Å². The van der Waals surface area contributed by atoms with E-state index in [9.17, 15) is 0 Å². The fourth-order valence-corrected chi connectivity index (χ4v) is 5.54. The summed E-state index contributed by atoms with van der Waals surface area (Å²) in [6.07, 6.45) is 1.81. The van der Waals surface area contributed by atoms with Gasteiger partial charge in [0.05, 0.1) is 40.6 Å². The van der Waals surface area contributed by atoms with E-state index in [-0.39, 0.29) is 12.1 Å². The minimum absolute atomic E-state index is 0.135. The van der Waals surface area contributed by atoms with Gasteiger partial charge in [-0.05, 0) is 86.2 Å². The molecule has 2 aromatic carbocycles. The Bertz CT molecular complexity index is 1390. The zero-order valence-corrected chi connectivity index (χ0v) is 21.8. The summed E-state index contributed by atoms with van der Waals surface area (Å²) in [7, 11) is 1.66. The minimum atomic E-state index is -0.144. The van der Waals surface area contributed by atoms with E-state index >= 15 is 0 Å². The van der Waals surface area contributed by atoms with Crippen LogP contribution < -0.4 is 15.0 Å². The fraction of sp³-hybridized carbons (Fsp3) is 0.185. The second-order valence-corrected chi connectivity index (χ2v) is 9.60. The molecule has 1 aliphatic heterocycles. The Hall–Kier alpha value is -3.06. The number of thiocarbonyl (C=S) groups is 1. The zero-order valence-electron chi connectivity index (χ0n) is 19.5. The molecule has 0 amide bonds. The SMILES string of the molecule is COc1ccc(N2C(=S)NC(c3ccccn3)C2c2cc(C)n(-c3cccc(Cl)c3Cl)c2C)cc1. The number of hydrogen-bond donors (Lipinski definition) is 1. The third-order valence-electron chi connectivity index (χ3n) is 6.41. The first-order chi connectivity index (χ1) is 16.9. The van der Waals surface area contributed by atoms with E-state index in [1.807, 2.05) is 60.8 Å². The first-order valence-electron chi connectivity index (χ1n) is 11.2. The number of aryl methyl sites for hydroxylation is 1. The number of benzene rings is 2. The summed E-state index contributed by atoms with van der Waals surface area (Å²) in [5, 5.41) is 5.20. The summed E-state index contributed by atoms with van der Waals surface area (Å²) in [5.41, 5.74) is 5.96. The highest BCUT2D eigenvalue weighted by Crippen LogP contribution is 2.44. The fourth-order valence-electron chi connectivity index (χ4n) is 4.81. The smallest absolute Gasteiger partial charge is 0.174 e. The Balaban J connectivity index is 1.68. The van der Waals surface area contributed by atoms with Gasteiger partial charge in [0.15, 0.2) is 5.11 Å². The van der Waals surface area contributed by atoms with E-state index in [0.717, 1.165) is 39.8 Å². The minimum Gasteiger partial charge on any atom is -0.497 e. The molecule has 1 saturated heterocycles. The monoisotopic (exact) mass is 522 g/mol. The highest BCUT2D eigenvalue weighted by Gasteiger charge is 2.42. The van der Waals surface area contributed by atoms with E-state index in [1.165, 1.54) is 0 Å². The largest absolute Gasteiger partial charge is 0.497 e. The zero-order chi connectivity index (χ0) is 24.7. The molecule has 4 aromatic rings. The maximum absolute atomic E-state index is 6.62. The van der Waals surface area contributed by atoms with Gasteiger partial charge < -0.3 is 19.5 Å². The molecule has 1 fully saturated rings. The molecule has 8 heteroatoms. The van der Waals surface area contributed by atoms with Crippen molar-refractivity contribution in [1.29, 1.82) is 0 Å². The molecule has 2 aromatic heterocycles. The lowest BCUT2D eigenvalue weighted by Crippen LogP contribution is -2.29. The van der Waals surface area contributed by atoms with E-state index in [2.05, 4.69) is 39.7 Å². The van der Waals surface area contributed by atoms with Crippen LogP contribution in [0, 0.1) is 13.8 Å². The van der Waals surface area contributed by atoms with Crippen molar-refractivity contribution in [1.82, 2.24) is 14.9 Å². The molecule has 1 aliphatic rings. The van der Waals surface area contributed by atoms with Crippen LogP contribution in [0.25, 0.3) is 5.69 Å². The first kappa shape index (κ1) is 23.7. The Morgan fingerprint density at radius 3 is 2.46 bits per heavy atom. The molecule has 2 unspecified atom stereocenters. The van der Waals surface area contributed by atoms with Crippen LogP contribution >= 0.6 is 35.4 Å². The lowest BCUT2D eigenvalue weighted by molar-refractivity contribution is 0.415. The number of hydrogen-bond acceptors (Lipinski definition) is 3. The maximum atomic E-state index is 6.62. The number of pyridine rings is 1. The molecule has 35 heavy (non-hydrogen) atoms. The predicted octanol–water partition coefficient (Wildman–Crippen LogP) is 6.98. The highest BCUT2D eigenvalue weighted by atomic mass is 35.5. The van der Waals surface area contributed by atoms with Crippen molar-refractivity contribution in [3.8, 4) is 11.4 Å². The second-order valence-electron chi connectivity index (χ2n) is 8.43. The summed E-state index contributed by atoms with van der Waals surface area (Å²) >= 11 is 18.8. The predicted molar refractivity (Wildman–Crippen MR) is 146 cm³/mol. The number of nitrogens with one attached hydrogen (secondary N) is 1. The Kier molecular flexibility index (Phi) is 6.45. The van der Waals surface area contributed by atoms with Gasteiger partial charge in [-0.3, -0.25) is 4.98 Å². The van der Waals surface area contributed by atoms with Gasteiger partial charge in [0.2, 0.25) is 0 Å². The average Bonchev–Trinajstić information content (AvgIpc) is 3.36. The summed E-state index contributed by atoms with van der Waals surface area (Å²) in [6, 6.07) is 21.5. The van der Waals surface area contributed by atoms with Crippen LogP contribution in [-0.4, -0.2) is 21.8 Å². The van der Waals surface area contributed by atoms with Crippen LogP contribution in [0.3, 0.4) is 0 Å². The Labute approximate surface area is 220 Å². The third kappa shape index (κ3) is 4.16. The number of nitrogens with zero attached hydrogens (tertiary/aromatic N) is 3. The Morgan fingerprint density at radius 1 is 1.00 bits per heavy atom. The van der Waals surface area contributed by atoms with Crippen LogP contribution in [0.1, 0.15) is 34.7 Å². The molecule has 0 bridgehead atoms. The summed E-state index contributed by atoms with van der Waals surface area (Å²) in [4.78, 5) is 6.81. The van der Waals surface area contributed by atoms with Gasteiger partial charge in [-0.2, -0.15) is 0 Å². The van der Waals surface area contributed by atoms with Gasteiger partial charge in [0, 0.05) is 23.3 Å². The summed E-state index contributed by atoms with van der Waals surface area (Å²) in [6.45, 7) is 4.17. The molecule has 0 radical (unpaired) electrons. The van der Waals surface area contributed by atoms with E-state index in [0.29, 0.717) is 15.2 Å². The number of halogens is 2. The van der Waals surface area contributed by atoms with Gasteiger partial charge >= 0.3 is 0 Å². The van der Waals surface area contributed by atoms with Crippen molar-refractivity contribution in [3.05, 3.63) is 106 Å². The van der Waals surface area contributed by atoms with Gasteiger partial charge in [0.1, 0.15) is 5.75 Å². The van der Waals surface area contributed by atoms with E-state index in [4.69, 9.17) is 40.2 Å². The number of ether oxygens (including phenoxy) is 1. The van der Waals surface area contributed by atoms with Gasteiger partial charge in [-0.25, -0.2) is 0 Å². The van der Waals surface area contributed by atoms with E-state index < -0.39 is 0 Å². The average molecular weight is 523 g/mol. The van der Waals surface area contributed by atoms with Crippen molar-refractivity contribution < 1.29 is 4.74 Å². The molecule has 178 valence electrons. The Morgan fingerprint density at radius 2 is 1.77 bits per heavy atom. The molecule has 0 saturated carbocycles. The summed E-state index contributed by atoms with van der Waals surface area (Å²) < 4.78 is 7.51. The van der Waals surface area contributed by atoms with Crippen molar-refractivity contribution >= 4 is 46.2 Å². The lowest BCUT2D eigenvalue weighted by Gasteiger charge is -2.28. The number of aromatic nitrogens is 2. The van der Waals surface area contributed by atoms with Crippen LogP contribution in [-0.2, 0) is 0 Å². The van der Waals surface area contributed by atoms with Crippen molar-refractivity contribution in [3.63, 3.8) is 0 Å². The van der Waals surface area contributed by atoms with Gasteiger partial charge in [-0.1, -0.05) is 35.3 Å². The topological polar surface area (TPSA) is 42.3 Å². The molecule has 5 nitrogen and oxygen atoms in total. The highest BCUT2D eigenvalue weighted by molar-refractivity contribution is 7.80. The molecule has 0 spiro atoms. The number of methoxy groups -OCH3 is 1.